The van der Waals surface area contributed by atoms with Crippen LogP contribution in [0.4, 0.5) is 0 Å². The van der Waals surface area contributed by atoms with Crippen LogP contribution >= 0.6 is 0 Å². The number of aromatic nitrogens is 7. The van der Waals surface area contributed by atoms with Crippen molar-refractivity contribution in [3.05, 3.63) is 94.5 Å². The van der Waals surface area contributed by atoms with E-state index in [9.17, 15) is 9.90 Å². The maximum Gasteiger partial charge on any atom is 0.259 e. The monoisotopic (exact) mass is 537 g/mol. The summed E-state index contributed by atoms with van der Waals surface area (Å²) in [6, 6.07) is 22.0. The third kappa shape index (κ3) is 5.27. The van der Waals surface area contributed by atoms with Gasteiger partial charge in [0.1, 0.15) is 23.9 Å². The van der Waals surface area contributed by atoms with E-state index in [1.165, 1.54) is 10.9 Å². The Morgan fingerprint density at radius 1 is 1.02 bits per heavy atom. The average molecular weight is 538 g/mol. The number of H-pyrrole nitrogens is 1. The number of imidazole rings is 1. The van der Waals surface area contributed by atoms with E-state index in [0.29, 0.717) is 49.6 Å². The Labute approximate surface area is 228 Å². The summed E-state index contributed by atoms with van der Waals surface area (Å²) in [6.45, 7) is 4.65. The van der Waals surface area contributed by atoms with Gasteiger partial charge < -0.3 is 24.1 Å². The van der Waals surface area contributed by atoms with Gasteiger partial charge in [0.15, 0.2) is 0 Å². The highest BCUT2D eigenvalue weighted by Crippen LogP contribution is 2.21. The van der Waals surface area contributed by atoms with Crippen molar-refractivity contribution in [2.24, 2.45) is 0 Å². The first kappa shape index (κ1) is 25.3. The molecule has 0 aliphatic carbocycles. The van der Waals surface area contributed by atoms with E-state index in [1.54, 1.807) is 18.2 Å². The van der Waals surface area contributed by atoms with Crippen molar-refractivity contribution >= 4 is 21.9 Å². The highest BCUT2D eigenvalue weighted by Gasteiger charge is 2.13. The minimum Gasteiger partial charge on any atom is -0.508 e. The van der Waals surface area contributed by atoms with Gasteiger partial charge in [-0.2, -0.15) is 4.80 Å². The molecule has 6 aromatic rings. The van der Waals surface area contributed by atoms with Gasteiger partial charge in [-0.25, -0.2) is 4.98 Å². The lowest BCUT2D eigenvalue weighted by Crippen LogP contribution is -2.11. The number of ether oxygens (including phenoxy) is 2. The van der Waals surface area contributed by atoms with Crippen LogP contribution < -0.4 is 10.3 Å². The second kappa shape index (κ2) is 11.0. The van der Waals surface area contributed by atoms with Crippen LogP contribution in [0.3, 0.4) is 0 Å². The van der Waals surface area contributed by atoms with E-state index in [-0.39, 0.29) is 22.7 Å². The van der Waals surface area contributed by atoms with E-state index in [4.69, 9.17) is 14.5 Å². The first-order chi connectivity index (χ1) is 19.6. The Morgan fingerprint density at radius 2 is 1.88 bits per heavy atom. The number of aromatic amines is 1. The second-order valence-electron chi connectivity index (χ2n) is 9.23. The number of phenols is 1. The molecule has 0 spiro atoms. The lowest BCUT2D eigenvalue weighted by molar-refractivity contribution is 0.138. The van der Waals surface area contributed by atoms with Crippen LogP contribution in [0.5, 0.6) is 11.5 Å². The summed E-state index contributed by atoms with van der Waals surface area (Å²) < 4.78 is 13.8. The zero-order valence-electron chi connectivity index (χ0n) is 21.8. The molecule has 0 saturated heterocycles. The summed E-state index contributed by atoms with van der Waals surface area (Å²) in [5, 5.41) is 23.0. The Bertz CT molecular complexity index is 1840. The number of pyridine rings is 1. The van der Waals surface area contributed by atoms with Crippen LogP contribution in [0.25, 0.3) is 33.3 Å². The molecular weight excluding hydrogens is 510 g/mol. The van der Waals surface area contributed by atoms with Crippen molar-refractivity contribution < 1.29 is 14.6 Å². The fourth-order valence-electron chi connectivity index (χ4n) is 4.57. The molecule has 0 saturated carbocycles. The standard InChI is InChI=1S/C29H27N7O4/c1-2-39-14-13-35-26-6-4-3-5-25(26)30-27(35)18-40-22-10-7-19(8-11-22)17-36-33-28(32-34-36)23-16-20-15-21(37)9-12-24(20)31-29(23)38/h3-12,15-16,37H,2,13-14,17-18H2,1H3,(H,31,38). The van der Waals surface area contributed by atoms with E-state index in [0.717, 1.165) is 22.4 Å². The van der Waals surface area contributed by atoms with E-state index < -0.39 is 0 Å². The quantitative estimate of drug-likeness (QED) is 0.252. The topological polar surface area (TPSA) is 133 Å². The molecule has 0 fully saturated rings. The zero-order chi connectivity index (χ0) is 27.5. The first-order valence-electron chi connectivity index (χ1n) is 13.0. The Balaban J connectivity index is 1.13. The molecule has 0 radical (unpaired) electrons. The number of benzene rings is 3. The van der Waals surface area contributed by atoms with E-state index in [2.05, 4.69) is 31.0 Å². The lowest BCUT2D eigenvalue weighted by Gasteiger charge is -2.11. The van der Waals surface area contributed by atoms with Crippen molar-refractivity contribution in [2.45, 2.75) is 26.6 Å². The van der Waals surface area contributed by atoms with Gasteiger partial charge in [-0.15, -0.1) is 10.2 Å². The normalized spacial score (nSPS) is 11.4. The Morgan fingerprint density at radius 3 is 2.73 bits per heavy atom. The number of nitrogens with one attached hydrogen (secondary N) is 1. The third-order valence-corrected chi connectivity index (χ3v) is 6.53. The number of hydrogen-bond donors (Lipinski definition) is 2. The summed E-state index contributed by atoms with van der Waals surface area (Å²) >= 11 is 0. The molecule has 0 aliphatic heterocycles. The maximum atomic E-state index is 12.6. The van der Waals surface area contributed by atoms with E-state index in [1.807, 2.05) is 49.4 Å². The van der Waals surface area contributed by atoms with Gasteiger partial charge in [0.05, 0.1) is 29.7 Å². The molecule has 202 valence electrons. The molecule has 11 heteroatoms. The fourth-order valence-corrected chi connectivity index (χ4v) is 4.57. The molecule has 3 aromatic heterocycles. The SMILES string of the molecule is CCOCCn1c(COc2ccc(Cn3nnc(-c4cc5cc(O)ccc5[nH]c4=O)n3)cc2)nc2ccccc21. The van der Waals surface area contributed by atoms with Crippen LogP contribution in [0, 0.1) is 0 Å². The van der Waals surface area contributed by atoms with Crippen molar-refractivity contribution in [1.82, 2.24) is 34.7 Å². The highest BCUT2D eigenvalue weighted by atomic mass is 16.5. The van der Waals surface area contributed by atoms with Gasteiger partial charge in [0, 0.05) is 24.1 Å². The number of fused-ring (bicyclic) bond motifs is 2. The Kier molecular flexibility index (Phi) is 6.94. The van der Waals surface area contributed by atoms with Crippen molar-refractivity contribution in [3.8, 4) is 22.9 Å². The van der Waals surface area contributed by atoms with Crippen molar-refractivity contribution in [2.75, 3.05) is 13.2 Å². The predicted molar refractivity (Wildman–Crippen MR) is 149 cm³/mol. The van der Waals surface area contributed by atoms with Gasteiger partial charge >= 0.3 is 0 Å². The average Bonchev–Trinajstić information content (AvgIpc) is 3.57. The van der Waals surface area contributed by atoms with Crippen molar-refractivity contribution in [3.63, 3.8) is 0 Å². The maximum absolute atomic E-state index is 12.6. The number of hydrogen-bond acceptors (Lipinski definition) is 8. The molecular formula is C29H27N7O4. The van der Waals surface area contributed by atoms with E-state index >= 15 is 0 Å². The molecule has 0 aliphatic rings. The number of nitrogens with zero attached hydrogens (tertiary/aromatic N) is 6. The van der Waals surface area contributed by atoms with Gasteiger partial charge in [0.2, 0.25) is 5.82 Å². The minimum atomic E-state index is -0.328. The number of rotatable bonds is 10. The summed E-state index contributed by atoms with van der Waals surface area (Å²) in [6.07, 6.45) is 0. The molecule has 40 heavy (non-hydrogen) atoms. The largest absolute Gasteiger partial charge is 0.508 e. The molecule has 0 atom stereocenters. The zero-order valence-corrected chi connectivity index (χ0v) is 21.8. The molecule has 2 N–H and O–H groups in total. The fraction of sp³-hybridized carbons (Fsp3) is 0.207. The molecule has 11 nitrogen and oxygen atoms in total. The highest BCUT2D eigenvalue weighted by molar-refractivity contribution is 5.83. The van der Waals surface area contributed by atoms with Gasteiger partial charge in [0.25, 0.3) is 5.56 Å². The molecule has 0 bridgehead atoms. The summed E-state index contributed by atoms with van der Waals surface area (Å²) in [5.74, 6) is 1.86. The molecule has 3 heterocycles. The number of phenolic OH excluding ortho intramolecular Hbond substituents is 1. The molecule has 6 rings (SSSR count). The minimum absolute atomic E-state index is 0.106. The van der Waals surface area contributed by atoms with Gasteiger partial charge in [-0.3, -0.25) is 4.79 Å². The van der Waals surface area contributed by atoms with Gasteiger partial charge in [-0.05, 0) is 66.2 Å². The third-order valence-electron chi connectivity index (χ3n) is 6.53. The van der Waals surface area contributed by atoms with Gasteiger partial charge in [-0.1, -0.05) is 24.3 Å². The van der Waals surface area contributed by atoms with Crippen LogP contribution in [0.15, 0.2) is 77.6 Å². The second-order valence-corrected chi connectivity index (χ2v) is 9.23. The summed E-state index contributed by atoms with van der Waals surface area (Å²) in [5.41, 5.74) is 3.49. The van der Waals surface area contributed by atoms with Crippen LogP contribution in [-0.2, 0) is 24.4 Å². The van der Waals surface area contributed by atoms with Crippen LogP contribution in [0.2, 0.25) is 0 Å². The number of tetrazole rings is 1. The predicted octanol–water partition coefficient (Wildman–Crippen LogP) is 3.90. The lowest BCUT2D eigenvalue weighted by atomic mass is 10.1. The summed E-state index contributed by atoms with van der Waals surface area (Å²) in [7, 11) is 0. The smallest absolute Gasteiger partial charge is 0.259 e. The first-order valence-corrected chi connectivity index (χ1v) is 13.0. The molecule has 0 unspecified atom stereocenters. The molecule has 3 aromatic carbocycles. The van der Waals surface area contributed by atoms with Crippen molar-refractivity contribution in [1.29, 1.82) is 0 Å². The molecule has 0 amide bonds. The Hall–Kier alpha value is -5.03. The number of aromatic hydroxyl groups is 1. The van der Waals surface area contributed by atoms with Crippen LogP contribution in [-0.4, -0.2) is 53.1 Å². The van der Waals surface area contributed by atoms with Crippen LogP contribution in [0.1, 0.15) is 18.3 Å². The number of para-hydroxylation sites is 2. The summed E-state index contributed by atoms with van der Waals surface area (Å²) in [4.78, 5) is 21.5.